The number of carbonyl (C=O) groups excluding carboxylic acids is 1. The molecule has 0 unspecified atom stereocenters. The lowest BCUT2D eigenvalue weighted by atomic mass is 10.1. The summed E-state index contributed by atoms with van der Waals surface area (Å²) in [5.41, 5.74) is 0.891. The number of benzene rings is 1. The molecule has 2 aromatic rings. The second kappa shape index (κ2) is 8.70. The van der Waals surface area contributed by atoms with Crippen molar-refractivity contribution in [1.82, 2.24) is 10.3 Å². The second-order valence-corrected chi connectivity index (χ2v) is 5.23. The highest BCUT2D eigenvalue weighted by Gasteiger charge is 2.16. The highest BCUT2D eigenvalue weighted by atomic mass is 16.5. The fourth-order valence-electron chi connectivity index (χ4n) is 2.46. The van der Waals surface area contributed by atoms with Crippen LogP contribution in [0.5, 0.6) is 17.2 Å². The normalized spacial score (nSPS) is 10.1. The van der Waals surface area contributed by atoms with Crippen molar-refractivity contribution in [3.63, 3.8) is 0 Å². The standard InChI is InChI=1S/C18H20N2O6/c1-24-14-5-4-11(15(25-2)16(14)26-3)6-9-20-17(21)12-7-8-19-13(10-12)18(22)23/h4-5,7-8,10H,6,9H2,1-3H3,(H,20,21)(H,22,23). The van der Waals surface area contributed by atoms with Crippen LogP contribution in [0.15, 0.2) is 30.5 Å². The van der Waals surface area contributed by atoms with E-state index in [2.05, 4.69) is 10.3 Å². The molecule has 0 atom stereocenters. The van der Waals surface area contributed by atoms with E-state index in [1.807, 2.05) is 6.07 Å². The molecular weight excluding hydrogens is 340 g/mol. The van der Waals surface area contributed by atoms with E-state index >= 15 is 0 Å². The minimum atomic E-state index is -1.19. The molecule has 0 aliphatic carbocycles. The van der Waals surface area contributed by atoms with Gasteiger partial charge in [0.25, 0.3) is 5.91 Å². The zero-order valence-electron chi connectivity index (χ0n) is 14.7. The first-order chi connectivity index (χ1) is 12.5. The van der Waals surface area contributed by atoms with Crippen LogP contribution in [0.1, 0.15) is 26.4 Å². The van der Waals surface area contributed by atoms with Crippen LogP contribution in [0.4, 0.5) is 0 Å². The number of nitrogens with zero attached hydrogens (tertiary/aromatic N) is 1. The summed E-state index contributed by atoms with van der Waals surface area (Å²) in [5, 5.41) is 11.7. The number of aromatic carboxylic acids is 1. The smallest absolute Gasteiger partial charge is 0.354 e. The number of ether oxygens (including phenoxy) is 3. The summed E-state index contributed by atoms with van der Waals surface area (Å²) in [4.78, 5) is 26.8. The van der Waals surface area contributed by atoms with Crippen molar-refractivity contribution in [2.45, 2.75) is 6.42 Å². The molecule has 26 heavy (non-hydrogen) atoms. The maximum Gasteiger partial charge on any atom is 0.354 e. The van der Waals surface area contributed by atoms with Crippen molar-refractivity contribution in [3.05, 3.63) is 47.3 Å². The SMILES string of the molecule is COc1ccc(CCNC(=O)c2ccnc(C(=O)O)c2)c(OC)c1OC. The Morgan fingerprint density at radius 2 is 1.81 bits per heavy atom. The molecule has 0 spiro atoms. The summed E-state index contributed by atoms with van der Waals surface area (Å²) in [6.45, 7) is 0.329. The van der Waals surface area contributed by atoms with Crippen LogP contribution < -0.4 is 19.5 Å². The summed E-state index contributed by atoms with van der Waals surface area (Å²) < 4.78 is 16.0. The Morgan fingerprint density at radius 1 is 1.08 bits per heavy atom. The van der Waals surface area contributed by atoms with Gasteiger partial charge in [0.05, 0.1) is 21.3 Å². The molecule has 0 fully saturated rings. The third kappa shape index (κ3) is 4.21. The Hall–Kier alpha value is -3.29. The Labute approximate surface area is 150 Å². The Kier molecular flexibility index (Phi) is 6.37. The zero-order valence-corrected chi connectivity index (χ0v) is 14.7. The van der Waals surface area contributed by atoms with Gasteiger partial charge in [0, 0.05) is 23.9 Å². The van der Waals surface area contributed by atoms with E-state index in [1.165, 1.54) is 39.7 Å². The van der Waals surface area contributed by atoms with Gasteiger partial charge < -0.3 is 24.6 Å². The largest absolute Gasteiger partial charge is 0.493 e. The molecule has 1 amide bonds. The summed E-state index contributed by atoms with van der Waals surface area (Å²) in [6.07, 6.45) is 1.78. The molecule has 8 nitrogen and oxygen atoms in total. The highest BCUT2D eigenvalue weighted by molar-refractivity contribution is 5.96. The molecule has 0 aliphatic heterocycles. The van der Waals surface area contributed by atoms with Crippen LogP contribution in [-0.4, -0.2) is 49.8 Å². The van der Waals surface area contributed by atoms with E-state index in [1.54, 1.807) is 6.07 Å². The first-order valence-electron chi connectivity index (χ1n) is 7.77. The molecule has 8 heteroatoms. The van der Waals surface area contributed by atoms with E-state index < -0.39 is 5.97 Å². The summed E-state index contributed by atoms with van der Waals surface area (Å²) in [6, 6.07) is 6.29. The van der Waals surface area contributed by atoms with Crippen LogP contribution in [0.2, 0.25) is 0 Å². The van der Waals surface area contributed by atoms with Crippen molar-refractivity contribution < 1.29 is 28.9 Å². The van der Waals surface area contributed by atoms with E-state index in [-0.39, 0.29) is 17.2 Å². The molecule has 0 radical (unpaired) electrons. The van der Waals surface area contributed by atoms with E-state index in [0.717, 1.165) is 5.56 Å². The molecule has 0 saturated heterocycles. The van der Waals surface area contributed by atoms with Crippen molar-refractivity contribution in [2.75, 3.05) is 27.9 Å². The first-order valence-corrected chi connectivity index (χ1v) is 7.77. The van der Waals surface area contributed by atoms with Gasteiger partial charge in [-0.3, -0.25) is 4.79 Å². The third-order valence-electron chi connectivity index (χ3n) is 3.71. The van der Waals surface area contributed by atoms with Gasteiger partial charge in [0.2, 0.25) is 5.75 Å². The highest BCUT2D eigenvalue weighted by Crippen LogP contribution is 2.39. The molecule has 0 bridgehead atoms. The number of carboxylic acids is 1. The fourth-order valence-corrected chi connectivity index (χ4v) is 2.46. The molecule has 2 rings (SSSR count). The summed E-state index contributed by atoms with van der Waals surface area (Å²) >= 11 is 0. The van der Waals surface area contributed by atoms with Crippen molar-refractivity contribution in [2.24, 2.45) is 0 Å². The monoisotopic (exact) mass is 360 g/mol. The maximum atomic E-state index is 12.2. The number of amides is 1. The number of pyridine rings is 1. The first kappa shape index (κ1) is 19.0. The van der Waals surface area contributed by atoms with Crippen molar-refractivity contribution >= 4 is 11.9 Å². The molecule has 1 aromatic heterocycles. The molecule has 1 heterocycles. The van der Waals surface area contributed by atoms with Gasteiger partial charge in [-0.25, -0.2) is 9.78 Å². The molecule has 0 saturated carbocycles. The van der Waals surface area contributed by atoms with Gasteiger partial charge in [-0.2, -0.15) is 0 Å². The number of carbonyl (C=O) groups is 2. The zero-order chi connectivity index (χ0) is 19.1. The Morgan fingerprint density at radius 3 is 2.42 bits per heavy atom. The quantitative estimate of drug-likeness (QED) is 0.739. The number of methoxy groups -OCH3 is 3. The fraction of sp³-hybridized carbons (Fsp3) is 0.278. The third-order valence-corrected chi connectivity index (χ3v) is 3.71. The van der Waals surface area contributed by atoms with E-state index in [0.29, 0.717) is 30.2 Å². The van der Waals surface area contributed by atoms with Crippen LogP contribution in [-0.2, 0) is 6.42 Å². The predicted molar refractivity (Wildman–Crippen MR) is 93.3 cm³/mol. The number of rotatable bonds is 8. The van der Waals surface area contributed by atoms with Gasteiger partial charge in [-0.15, -0.1) is 0 Å². The average Bonchev–Trinajstić information content (AvgIpc) is 2.67. The van der Waals surface area contributed by atoms with Gasteiger partial charge >= 0.3 is 5.97 Å². The van der Waals surface area contributed by atoms with Crippen LogP contribution in [0.3, 0.4) is 0 Å². The van der Waals surface area contributed by atoms with E-state index in [4.69, 9.17) is 19.3 Å². The summed E-state index contributed by atoms with van der Waals surface area (Å²) in [7, 11) is 4.59. The molecule has 138 valence electrons. The van der Waals surface area contributed by atoms with Gasteiger partial charge in [0.15, 0.2) is 11.5 Å². The minimum Gasteiger partial charge on any atom is -0.493 e. The number of hydrogen-bond donors (Lipinski definition) is 2. The van der Waals surface area contributed by atoms with Gasteiger partial charge in [-0.05, 0) is 24.6 Å². The van der Waals surface area contributed by atoms with E-state index in [9.17, 15) is 9.59 Å². The van der Waals surface area contributed by atoms with Crippen LogP contribution >= 0.6 is 0 Å². The van der Waals surface area contributed by atoms with Gasteiger partial charge in [0.1, 0.15) is 5.69 Å². The topological polar surface area (TPSA) is 107 Å². The average molecular weight is 360 g/mol. The lowest BCUT2D eigenvalue weighted by Gasteiger charge is -2.16. The van der Waals surface area contributed by atoms with Crippen molar-refractivity contribution in [1.29, 1.82) is 0 Å². The summed E-state index contributed by atoms with van der Waals surface area (Å²) in [5.74, 6) is 0.0106. The number of nitrogens with one attached hydrogen (secondary N) is 1. The Bertz CT molecular complexity index is 806. The van der Waals surface area contributed by atoms with Crippen LogP contribution in [0.25, 0.3) is 0 Å². The number of hydrogen-bond acceptors (Lipinski definition) is 6. The predicted octanol–water partition coefficient (Wildman–Crippen LogP) is 1.78. The second-order valence-electron chi connectivity index (χ2n) is 5.23. The Balaban J connectivity index is 2.07. The molecule has 0 aliphatic rings. The maximum absolute atomic E-state index is 12.2. The van der Waals surface area contributed by atoms with Gasteiger partial charge in [-0.1, -0.05) is 6.07 Å². The molecule has 1 aromatic carbocycles. The molecular formula is C18H20N2O6. The number of carboxylic acid groups (broad SMARTS) is 1. The number of aromatic nitrogens is 1. The minimum absolute atomic E-state index is 0.181. The lowest BCUT2D eigenvalue weighted by Crippen LogP contribution is -2.26. The molecule has 2 N–H and O–H groups in total. The van der Waals surface area contributed by atoms with Crippen LogP contribution in [0, 0.1) is 0 Å². The van der Waals surface area contributed by atoms with Crippen molar-refractivity contribution in [3.8, 4) is 17.2 Å². The lowest BCUT2D eigenvalue weighted by molar-refractivity contribution is 0.0690.